The Hall–Kier alpha value is -0.730. The Morgan fingerprint density at radius 3 is 3.00 bits per heavy atom. The summed E-state index contributed by atoms with van der Waals surface area (Å²) >= 11 is 5.90. The van der Waals surface area contributed by atoms with E-state index in [2.05, 4.69) is 5.32 Å². The highest BCUT2D eigenvalue weighted by atomic mass is 35.5. The third kappa shape index (κ3) is 2.27. The third-order valence-electron chi connectivity index (χ3n) is 3.08. The molecule has 1 fully saturated rings. The highest BCUT2D eigenvalue weighted by Gasteiger charge is 2.18. The molecule has 15 heavy (non-hydrogen) atoms. The van der Waals surface area contributed by atoms with Crippen molar-refractivity contribution in [2.24, 2.45) is 0 Å². The number of phenols is 1. The smallest absolute Gasteiger partial charge is 0.137 e. The number of hydrogen-bond donors (Lipinski definition) is 2. The van der Waals surface area contributed by atoms with Crippen LogP contribution in [0.5, 0.6) is 5.75 Å². The number of hydrogen-bond acceptors (Lipinski definition) is 2. The van der Waals surface area contributed by atoms with Gasteiger partial charge >= 0.3 is 0 Å². The molecule has 1 unspecified atom stereocenters. The van der Waals surface area contributed by atoms with Crippen LogP contribution in [-0.2, 0) is 6.42 Å². The van der Waals surface area contributed by atoms with Crippen LogP contribution in [0.4, 0.5) is 0 Å². The molecule has 1 aliphatic rings. The fourth-order valence-electron chi connectivity index (χ4n) is 2.14. The van der Waals surface area contributed by atoms with E-state index in [4.69, 9.17) is 11.6 Å². The van der Waals surface area contributed by atoms with Crippen LogP contribution in [-0.4, -0.2) is 17.7 Å². The Kier molecular flexibility index (Phi) is 3.17. The Labute approximate surface area is 95.3 Å². The van der Waals surface area contributed by atoms with Crippen LogP contribution in [0.2, 0.25) is 5.02 Å². The first-order valence-electron chi connectivity index (χ1n) is 5.39. The van der Waals surface area contributed by atoms with Crippen molar-refractivity contribution in [3.63, 3.8) is 0 Å². The fourth-order valence-corrected chi connectivity index (χ4v) is 2.32. The van der Waals surface area contributed by atoms with Gasteiger partial charge in [-0.1, -0.05) is 17.7 Å². The minimum atomic E-state index is 0.255. The highest BCUT2D eigenvalue weighted by Crippen LogP contribution is 2.31. The van der Waals surface area contributed by atoms with Crippen molar-refractivity contribution < 1.29 is 5.11 Å². The maximum Gasteiger partial charge on any atom is 0.137 e. The molecule has 0 saturated carbocycles. The van der Waals surface area contributed by atoms with E-state index in [0.717, 1.165) is 24.1 Å². The Bertz CT molecular complexity index is 359. The summed E-state index contributed by atoms with van der Waals surface area (Å²) in [7, 11) is 0. The molecule has 0 aliphatic carbocycles. The molecule has 2 N–H and O–H groups in total. The van der Waals surface area contributed by atoms with Crippen molar-refractivity contribution in [1.29, 1.82) is 0 Å². The topological polar surface area (TPSA) is 32.3 Å². The molecule has 1 atom stereocenters. The summed E-state index contributed by atoms with van der Waals surface area (Å²) in [4.78, 5) is 0. The Morgan fingerprint density at radius 2 is 2.33 bits per heavy atom. The number of rotatable bonds is 2. The normalized spacial score (nSPS) is 20.8. The molecule has 1 heterocycles. The zero-order valence-corrected chi connectivity index (χ0v) is 9.64. The number of phenolic OH excluding ortho intramolecular Hbond substituents is 1. The van der Waals surface area contributed by atoms with E-state index >= 15 is 0 Å². The lowest BCUT2D eigenvalue weighted by atomic mass is 9.99. The summed E-state index contributed by atoms with van der Waals surface area (Å²) in [6.45, 7) is 3.10. The quantitative estimate of drug-likeness (QED) is 0.811. The molecule has 82 valence electrons. The van der Waals surface area contributed by atoms with Gasteiger partial charge in [0.1, 0.15) is 5.75 Å². The summed E-state index contributed by atoms with van der Waals surface area (Å²) in [5.74, 6) is 0.255. The van der Waals surface area contributed by atoms with E-state index < -0.39 is 0 Å². The van der Waals surface area contributed by atoms with Crippen LogP contribution in [0, 0.1) is 6.92 Å². The monoisotopic (exact) mass is 225 g/mol. The number of nitrogens with one attached hydrogen (secondary N) is 1. The van der Waals surface area contributed by atoms with Gasteiger partial charge < -0.3 is 10.4 Å². The van der Waals surface area contributed by atoms with Crippen LogP contribution < -0.4 is 5.32 Å². The number of aryl methyl sites for hydroxylation is 1. The first-order valence-corrected chi connectivity index (χ1v) is 5.76. The summed E-state index contributed by atoms with van der Waals surface area (Å²) < 4.78 is 0. The van der Waals surface area contributed by atoms with Gasteiger partial charge in [-0.25, -0.2) is 0 Å². The van der Waals surface area contributed by atoms with E-state index in [1.54, 1.807) is 6.07 Å². The van der Waals surface area contributed by atoms with Gasteiger partial charge in [-0.3, -0.25) is 0 Å². The SMILES string of the molecule is Cc1ccc(Cl)c(O)c1CC1CCCN1. The maximum absolute atomic E-state index is 9.88. The van der Waals surface area contributed by atoms with Crippen molar-refractivity contribution in [3.8, 4) is 5.75 Å². The van der Waals surface area contributed by atoms with Gasteiger partial charge in [-0.2, -0.15) is 0 Å². The van der Waals surface area contributed by atoms with Crippen molar-refractivity contribution in [2.45, 2.75) is 32.2 Å². The van der Waals surface area contributed by atoms with E-state index in [9.17, 15) is 5.11 Å². The molecule has 1 saturated heterocycles. The highest BCUT2D eigenvalue weighted by molar-refractivity contribution is 6.32. The van der Waals surface area contributed by atoms with Crippen molar-refractivity contribution in [2.75, 3.05) is 6.54 Å². The van der Waals surface area contributed by atoms with Crippen molar-refractivity contribution in [3.05, 3.63) is 28.3 Å². The van der Waals surface area contributed by atoms with Crippen LogP contribution >= 0.6 is 11.6 Å². The second kappa shape index (κ2) is 4.42. The Balaban J connectivity index is 2.22. The molecule has 1 aliphatic heterocycles. The predicted octanol–water partition coefficient (Wildman–Crippen LogP) is 2.65. The van der Waals surface area contributed by atoms with Gasteiger partial charge in [0.2, 0.25) is 0 Å². The summed E-state index contributed by atoms with van der Waals surface area (Å²) in [6.07, 6.45) is 3.29. The number of benzene rings is 1. The molecule has 2 rings (SSSR count). The second-order valence-electron chi connectivity index (χ2n) is 4.19. The molecule has 0 bridgehead atoms. The molecule has 3 heteroatoms. The molecule has 2 nitrogen and oxygen atoms in total. The summed E-state index contributed by atoms with van der Waals surface area (Å²) in [6, 6.07) is 4.21. The molecule has 0 radical (unpaired) electrons. The lowest BCUT2D eigenvalue weighted by Crippen LogP contribution is -2.24. The van der Waals surface area contributed by atoms with Crippen LogP contribution in [0.15, 0.2) is 12.1 Å². The first-order chi connectivity index (χ1) is 7.18. The Morgan fingerprint density at radius 1 is 1.53 bits per heavy atom. The first kappa shape index (κ1) is 10.8. The van der Waals surface area contributed by atoms with E-state index in [1.807, 2.05) is 13.0 Å². The van der Waals surface area contributed by atoms with Gasteiger partial charge in [0.05, 0.1) is 5.02 Å². The number of halogens is 1. The average Bonchev–Trinajstić information content (AvgIpc) is 2.71. The predicted molar refractivity (Wildman–Crippen MR) is 62.6 cm³/mol. The van der Waals surface area contributed by atoms with Gasteiger partial charge in [0, 0.05) is 6.04 Å². The zero-order chi connectivity index (χ0) is 10.8. The molecule has 0 amide bonds. The molecule has 0 spiro atoms. The van der Waals surface area contributed by atoms with E-state index in [0.29, 0.717) is 11.1 Å². The van der Waals surface area contributed by atoms with Gasteiger partial charge in [-0.05, 0) is 49.9 Å². The summed E-state index contributed by atoms with van der Waals surface area (Å²) in [5.41, 5.74) is 2.10. The largest absolute Gasteiger partial charge is 0.506 e. The van der Waals surface area contributed by atoms with Gasteiger partial charge in [0.25, 0.3) is 0 Å². The average molecular weight is 226 g/mol. The fraction of sp³-hybridized carbons (Fsp3) is 0.500. The second-order valence-corrected chi connectivity index (χ2v) is 4.60. The van der Waals surface area contributed by atoms with Gasteiger partial charge in [-0.15, -0.1) is 0 Å². The van der Waals surface area contributed by atoms with Crippen LogP contribution in [0.25, 0.3) is 0 Å². The number of aromatic hydroxyl groups is 1. The molecule has 1 aromatic rings. The van der Waals surface area contributed by atoms with E-state index in [1.165, 1.54) is 12.8 Å². The lowest BCUT2D eigenvalue weighted by Gasteiger charge is -2.14. The van der Waals surface area contributed by atoms with Crippen LogP contribution in [0.3, 0.4) is 0 Å². The standard InChI is InChI=1S/C12H16ClNO/c1-8-4-5-11(13)12(15)10(8)7-9-3-2-6-14-9/h4-5,9,14-15H,2-3,6-7H2,1H3. The lowest BCUT2D eigenvalue weighted by molar-refractivity contribution is 0.461. The third-order valence-corrected chi connectivity index (χ3v) is 3.39. The van der Waals surface area contributed by atoms with Crippen molar-refractivity contribution >= 4 is 11.6 Å². The minimum absolute atomic E-state index is 0.255. The molecular formula is C12H16ClNO. The molecular weight excluding hydrogens is 210 g/mol. The molecule has 0 aromatic heterocycles. The maximum atomic E-state index is 9.88. The summed E-state index contributed by atoms with van der Waals surface area (Å²) in [5, 5.41) is 13.8. The van der Waals surface area contributed by atoms with Gasteiger partial charge in [0.15, 0.2) is 0 Å². The zero-order valence-electron chi connectivity index (χ0n) is 8.89. The van der Waals surface area contributed by atoms with Crippen molar-refractivity contribution in [1.82, 2.24) is 5.32 Å². The minimum Gasteiger partial charge on any atom is -0.506 e. The van der Waals surface area contributed by atoms with Crippen LogP contribution in [0.1, 0.15) is 24.0 Å². The van der Waals surface area contributed by atoms with E-state index in [-0.39, 0.29) is 5.75 Å². The molecule has 1 aromatic carbocycles.